The SMILES string of the molecule is [C]1=C/C=C\CCCCCC/C=C/C/1. The van der Waals surface area contributed by atoms with Crippen LogP contribution in [0.15, 0.2) is 30.4 Å². The zero-order valence-corrected chi connectivity index (χ0v) is 8.34. The third kappa shape index (κ3) is 6.39. The highest BCUT2D eigenvalue weighted by Crippen LogP contribution is 2.07. The van der Waals surface area contributed by atoms with Crippen molar-refractivity contribution in [3.63, 3.8) is 0 Å². The summed E-state index contributed by atoms with van der Waals surface area (Å²) in [5, 5.41) is 0. The van der Waals surface area contributed by atoms with Gasteiger partial charge in [0.15, 0.2) is 0 Å². The fourth-order valence-corrected chi connectivity index (χ4v) is 1.45. The van der Waals surface area contributed by atoms with Crippen molar-refractivity contribution in [2.45, 2.75) is 44.9 Å². The van der Waals surface area contributed by atoms with E-state index in [1.54, 1.807) is 0 Å². The quantitative estimate of drug-likeness (QED) is 0.484. The first-order valence-corrected chi connectivity index (χ1v) is 5.37. The van der Waals surface area contributed by atoms with Crippen LogP contribution in [0, 0.1) is 6.08 Å². The summed E-state index contributed by atoms with van der Waals surface area (Å²) in [6, 6.07) is 0. The average molecular weight is 175 g/mol. The van der Waals surface area contributed by atoms with Crippen LogP contribution < -0.4 is 0 Å². The van der Waals surface area contributed by atoms with Crippen LogP contribution in [0.25, 0.3) is 0 Å². The number of hydrogen-bond acceptors (Lipinski definition) is 0. The molecule has 0 fully saturated rings. The Labute approximate surface area is 82.0 Å². The lowest BCUT2D eigenvalue weighted by Gasteiger charge is -1.95. The number of allylic oxidation sites excluding steroid dienone is 6. The van der Waals surface area contributed by atoms with Gasteiger partial charge >= 0.3 is 0 Å². The molecule has 0 nitrogen and oxygen atoms in total. The Balaban J connectivity index is 2.29. The molecule has 0 bridgehead atoms. The molecule has 0 heterocycles. The van der Waals surface area contributed by atoms with Gasteiger partial charge in [-0.1, -0.05) is 43.2 Å². The van der Waals surface area contributed by atoms with Gasteiger partial charge in [0.25, 0.3) is 0 Å². The van der Waals surface area contributed by atoms with Gasteiger partial charge in [0, 0.05) is 0 Å². The number of hydrogen-bond donors (Lipinski definition) is 0. The average Bonchev–Trinajstić information content (AvgIpc) is 2.18. The molecule has 0 aromatic rings. The van der Waals surface area contributed by atoms with E-state index in [1.807, 2.05) is 6.08 Å². The summed E-state index contributed by atoms with van der Waals surface area (Å²) in [5.41, 5.74) is 0. The van der Waals surface area contributed by atoms with E-state index >= 15 is 0 Å². The Hall–Kier alpha value is -0.780. The van der Waals surface area contributed by atoms with Crippen molar-refractivity contribution >= 4 is 0 Å². The van der Waals surface area contributed by atoms with Crippen LogP contribution in [-0.2, 0) is 0 Å². The Morgan fingerprint density at radius 2 is 1.54 bits per heavy atom. The molecule has 1 rings (SSSR count). The molecule has 0 unspecified atom stereocenters. The minimum absolute atomic E-state index is 0.963. The van der Waals surface area contributed by atoms with E-state index in [-0.39, 0.29) is 0 Å². The highest BCUT2D eigenvalue weighted by atomic mass is 13.9. The lowest BCUT2D eigenvalue weighted by atomic mass is 10.1. The fraction of sp³-hybridized carbons (Fsp3) is 0.538. The van der Waals surface area contributed by atoms with Crippen molar-refractivity contribution in [2.75, 3.05) is 0 Å². The van der Waals surface area contributed by atoms with Gasteiger partial charge in [-0.2, -0.15) is 0 Å². The maximum absolute atomic E-state index is 3.22. The molecule has 1 radical (unpaired) electrons. The molecule has 0 aromatic heterocycles. The molecular formula is C13H19. The second-order valence-electron chi connectivity index (χ2n) is 3.47. The summed E-state index contributed by atoms with van der Waals surface area (Å²) in [4.78, 5) is 0. The molecule has 0 heteroatoms. The van der Waals surface area contributed by atoms with E-state index in [9.17, 15) is 0 Å². The summed E-state index contributed by atoms with van der Waals surface area (Å²) in [6.07, 6.45) is 23.0. The zero-order chi connectivity index (χ0) is 9.19. The standard InChI is InChI=1S/C13H19/c1-2-4-6-8-10-12-13-11-9-7-5-3-1/h1-3,9,11H,4,6-8,10,12-13H2/b2-1-,5-3?,11-9+. The van der Waals surface area contributed by atoms with E-state index in [0.717, 1.165) is 6.42 Å². The van der Waals surface area contributed by atoms with Crippen LogP contribution in [0.4, 0.5) is 0 Å². The first-order chi connectivity index (χ1) is 6.50. The van der Waals surface area contributed by atoms with Crippen LogP contribution in [-0.4, -0.2) is 0 Å². The molecule has 0 atom stereocenters. The van der Waals surface area contributed by atoms with E-state index in [0.29, 0.717) is 0 Å². The van der Waals surface area contributed by atoms with Crippen molar-refractivity contribution < 1.29 is 0 Å². The van der Waals surface area contributed by atoms with E-state index in [2.05, 4.69) is 30.4 Å². The number of rotatable bonds is 0. The van der Waals surface area contributed by atoms with Gasteiger partial charge in [0.1, 0.15) is 0 Å². The maximum Gasteiger partial charge on any atom is -0.00946 e. The second kappa shape index (κ2) is 7.85. The summed E-state index contributed by atoms with van der Waals surface area (Å²) >= 11 is 0. The molecule has 0 saturated carbocycles. The summed E-state index contributed by atoms with van der Waals surface area (Å²) in [5.74, 6) is 0. The molecule has 0 saturated heterocycles. The predicted molar refractivity (Wildman–Crippen MR) is 58.4 cm³/mol. The molecule has 0 aliphatic heterocycles. The van der Waals surface area contributed by atoms with Gasteiger partial charge in [-0.15, -0.1) is 0 Å². The third-order valence-corrected chi connectivity index (χ3v) is 2.24. The van der Waals surface area contributed by atoms with E-state index in [4.69, 9.17) is 0 Å². The molecule has 13 heavy (non-hydrogen) atoms. The van der Waals surface area contributed by atoms with Crippen LogP contribution in [0.5, 0.6) is 0 Å². The van der Waals surface area contributed by atoms with Gasteiger partial charge in [-0.3, -0.25) is 0 Å². The maximum atomic E-state index is 3.22. The largest absolute Gasteiger partial charge is 0.0882 e. The topological polar surface area (TPSA) is 0 Å². The van der Waals surface area contributed by atoms with Gasteiger partial charge in [0.2, 0.25) is 0 Å². The summed E-state index contributed by atoms with van der Waals surface area (Å²) < 4.78 is 0. The van der Waals surface area contributed by atoms with Gasteiger partial charge < -0.3 is 0 Å². The molecule has 0 N–H and O–H groups in total. The minimum Gasteiger partial charge on any atom is -0.0882 e. The Morgan fingerprint density at radius 1 is 0.769 bits per heavy atom. The monoisotopic (exact) mass is 175 g/mol. The molecule has 1 aliphatic rings. The minimum atomic E-state index is 0.963. The fourth-order valence-electron chi connectivity index (χ4n) is 1.45. The Kier molecular flexibility index (Phi) is 6.22. The normalized spacial score (nSPS) is 27.7. The van der Waals surface area contributed by atoms with E-state index in [1.165, 1.54) is 38.5 Å². The molecule has 1 aliphatic carbocycles. The molecular weight excluding hydrogens is 156 g/mol. The lowest BCUT2D eigenvalue weighted by molar-refractivity contribution is 0.652. The first-order valence-electron chi connectivity index (χ1n) is 5.37. The van der Waals surface area contributed by atoms with Crippen molar-refractivity contribution in [1.82, 2.24) is 0 Å². The zero-order valence-electron chi connectivity index (χ0n) is 8.34. The van der Waals surface area contributed by atoms with E-state index < -0.39 is 0 Å². The van der Waals surface area contributed by atoms with Crippen molar-refractivity contribution in [1.29, 1.82) is 0 Å². The summed E-state index contributed by atoms with van der Waals surface area (Å²) in [7, 11) is 0. The van der Waals surface area contributed by atoms with Gasteiger partial charge in [-0.25, -0.2) is 0 Å². The molecule has 0 amide bonds. The van der Waals surface area contributed by atoms with Crippen molar-refractivity contribution in [2.24, 2.45) is 0 Å². The smallest absolute Gasteiger partial charge is 0.00946 e. The Bertz CT molecular complexity index is 184. The highest BCUT2D eigenvalue weighted by Gasteiger charge is 1.87. The predicted octanol–water partition coefficient (Wildman–Crippen LogP) is 4.20. The van der Waals surface area contributed by atoms with Gasteiger partial charge in [-0.05, 0) is 38.2 Å². The van der Waals surface area contributed by atoms with Crippen LogP contribution in [0.3, 0.4) is 0 Å². The summed E-state index contributed by atoms with van der Waals surface area (Å²) in [6.45, 7) is 0. The second-order valence-corrected chi connectivity index (χ2v) is 3.47. The highest BCUT2D eigenvalue weighted by molar-refractivity contribution is 5.01. The van der Waals surface area contributed by atoms with Crippen molar-refractivity contribution in [3.05, 3.63) is 36.5 Å². The lowest BCUT2D eigenvalue weighted by Crippen LogP contribution is -1.76. The molecule has 0 spiro atoms. The van der Waals surface area contributed by atoms with Gasteiger partial charge in [0.05, 0.1) is 0 Å². The first kappa shape index (κ1) is 10.3. The molecule has 0 aromatic carbocycles. The van der Waals surface area contributed by atoms with Crippen molar-refractivity contribution in [3.8, 4) is 0 Å². The van der Waals surface area contributed by atoms with Crippen LogP contribution in [0.1, 0.15) is 44.9 Å². The molecule has 71 valence electrons. The Morgan fingerprint density at radius 3 is 2.38 bits per heavy atom. The van der Waals surface area contributed by atoms with Crippen LogP contribution >= 0.6 is 0 Å². The third-order valence-electron chi connectivity index (χ3n) is 2.24. The van der Waals surface area contributed by atoms with Crippen LogP contribution in [0.2, 0.25) is 0 Å².